The fraction of sp³-hybridized carbons (Fsp3) is 0.556. The molecule has 0 aromatic carbocycles. The zero-order valence-electron chi connectivity index (χ0n) is 10.1. The second-order valence-electron chi connectivity index (χ2n) is 3.80. The summed E-state index contributed by atoms with van der Waals surface area (Å²) in [5.41, 5.74) is 0.721. The third-order valence-electron chi connectivity index (χ3n) is 2.60. The molecule has 2 N–H and O–H groups in total. The Morgan fingerprint density at radius 2 is 2.00 bits per heavy atom. The summed E-state index contributed by atoms with van der Waals surface area (Å²) in [6.07, 6.45) is 0. The van der Waals surface area contributed by atoms with Gasteiger partial charge in [0.05, 0.1) is 11.4 Å². The van der Waals surface area contributed by atoms with Crippen LogP contribution in [-0.4, -0.2) is 47.1 Å². The minimum Gasteiger partial charge on any atom is -0.480 e. The van der Waals surface area contributed by atoms with E-state index >= 15 is 0 Å². The first kappa shape index (κ1) is 13.7. The number of hydrogen-bond acceptors (Lipinski definition) is 4. The third kappa shape index (κ3) is 2.32. The summed E-state index contributed by atoms with van der Waals surface area (Å²) in [6, 6.07) is -1.13. The molecule has 0 saturated heterocycles. The quantitative estimate of drug-likeness (QED) is 0.801. The Morgan fingerprint density at radius 3 is 2.35 bits per heavy atom. The SMILES string of the molecule is Cc1n[nH]c(C)c1S(=O)(=O)N(C)C(C)C(=O)O. The van der Waals surface area contributed by atoms with Gasteiger partial charge in [-0.15, -0.1) is 0 Å². The van der Waals surface area contributed by atoms with Crippen LogP contribution in [0.2, 0.25) is 0 Å². The summed E-state index contributed by atoms with van der Waals surface area (Å²) >= 11 is 0. The van der Waals surface area contributed by atoms with Gasteiger partial charge in [0.1, 0.15) is 10.9 Å². The number of carboxylic acid groups (broad SMARTS) is 1. The Hall–Kier alpha value is -1.41. The lowest BCUT2D eigenvalue weighted by Gasteiger charge is -2.20. The number of nitrogens with zero attached hydrogens (tertiary/aromatic N) is 2. The summed E-state index contributed by atoms with van der Waals surface area (Å²) in [7, 11) is -2.61. The number of carbonyl (C=O) groups is 1. The number of hydrogen-bond donors (Lipinski definition) is 2. The van der Waals surface area contributed by atoms with E-state index in [0.717, 1.165) is 4.31 Å². The van der Waals surface area contributed by atoms with Crippen LogP contribution in [-0.2, 0) is 14.8 Å². The Morgan fingerprint density at radius 1 is 1.47 bits per heavy atom. The molecule has 1 aromatic rings. The topological polar surface area (TPSA) is 103 Å². The van der Waals surface area contributed by atoms with Crippen LogP contribution in [0.25, 0.3) is 0 Å². The molecule has 0 aliphatic carbocycles. The predicted octanol–water partition coefficient (Wildman–Crippen LogP) is 0.120. The van der Waals surface area contributed by atoms with Crippen LogP contribution < -0.4 is 0 Å². The molecule has 1 rings (SSSR count). The highest BCUT2D eigenvalue weighted by molar-refractivity contribution is 7.89. The zero-order valence-corrected chi connectivity index (χ0v) is 10.9. The number of nitrogens with one attached hydrogen (secondary N) is 1. The van der Waals surface area contributed by atoms with Crippen molar-refractivity contribution >= 4 is 16.0 Å². The highest BCUT2D eigenvalue weighted by Crippen LogP contribution is 2.21. The van der Waals surface area contributed by atoms with Crippen LogP contribution in [0.4, 0.5) is 0 Å². The molecule has 0 aliphatic rings. The molecule has 0 radical (unpaired) electrons. The van der Waals surface area contributed by atoms with Crippen molar-refractivity contribution in [2.24, 2.45) is 0 Å². The minimum absolute atomic E-state index is 0.0353. The molecule has 0 saturated carbocycles. The van der Waals surface area contributed by atoms with E-state index in [1.807, 2.05) is 0 Å². The van der Waals surface area contributed by atoms with E-state index in [1.54, 1.807) is 13.8 Å². The number of carboxylic acids is 1. The van der Waals surface area contributed by atoms with Gasteiger partial charge >= 0.3 is 5.97 Å². The van der Waals surface area contributed by atoms with Crippen molar-refractivity contribution in [3.8, 4) is 0 Å². The maximum Gasteiger partial charge on any atom is 0.321 e. The Labute approximate surface area is 99.5 Å². The van der Waals surface area contributed by atoms with Gasteiger partial charge < -0.3 is 5.11 Å². The highest BCUT2D eigenvalue weighted by Gasteiger charge is 2.32. The summed E-state index contributed by atoms with van der Waals surface area (Å²) < 4.78 is 25.2. The maximum absolute atomic E-state index is 12.2. The van der Waals surface area contributed by atoms with Crippen molar-refractivity contribution in [1.82, 2.24) is 14.5 Å². The zero-order chi connectivity index (χ0) is 13.4. The van der Waals surface area contributed by atoms with Crippen LogP contribution in [0, 0.1) is 13.8 Å². The molecule has 96 valence electrons. The molecule has 1 heterocycles. The first-order valence-electron chi connectivity index (χ1n) is 4.92. The van der Waals surface area contributed by atoms with Gasteiger partial charge in [0, 0.05) is 7.05 Å². The van der Waals surface area contributed by atoms with Gasteiger partial charge in [-0.3, -0.25) is 9.89 Å². The number of aliphatic carboxylic acids is 1. The molecule has 0 spiro atoms. The van der Waals surface area contributed by atoms with Crippen molar-refractivity contribution in [3.63, 3.8) is 0 Å². The number of H-pyrrole nitrogens is 1. The predicted molar refractivity (Wildman–Crippen MR) is 60.1 cm³/mol. The average molecular weight is 261 g/mol. The van der Waals surface area contributed by atoms with Crippen LogP contribution in [0.5, 0.6) is 0 Å². The van der Waals surface area contributed by atoms with Gasteiger partial charge in [-0.2, -0.15) is 9.40 Å². The summed E-state index contributed by atoms with van der Waals surface area (Å²) in [4.78, 5) is 10.8. The van der Waals surface area contributed by atoms with Crippen molar-refractivity contribution in [1.29, 1.82) is 0 Å². The lowest BCUT2D eigenvalue weighted by atomic mass is 10.4. The first-order valence-corrected chi connectivity index (χ1v) is 6.36. The van der Waals surface area contributed by atoms with Crippen molar-refractivity contribution in [3.05, 3.63) is 11.4 Å². The second kappa shape index (κ2) is 4.46. The monoisotopic (exact) mass is 261 g/mol. The molecule has 1 atom stereocenters. The van der Waals surface area contributed by atoms with Gasteiger partial charge in [-0.25, -0.2) is 8.42 Å². The van der Waals surface area contributed by atoms with Crippen molar-refractivity contribution < 1.29 is 18.3 Å². The van der Waals surface area contributed by atoms with Crippen molar-refractivity contribution in [2.45, 2.75) is 31.7 Å². The molecule has 8 heteroatoms. The summed E-state index contributed by atoms with van der Waals surface area (Å²) in [6.45, 7) is 4.44. The van der Waals surface area contributed by atoms with Crippen LogP contribution in [0.15, 0.2) is 4.90 Å². The van der Waals surface area contributed by atoms with E-state index in [-0.39, 0.29) is 4.90 Å². The fourth-order valence-electron chi connectivity index (χ4n) is 1.43. The summed E-state index contributed by atoms with van der Waals surface area (Å²) in [5.74, 6) is -1.20. The van der Waals surface area contributed by atoms with Crippen LogP contribution in [0.3, 0.4) is 0 Å². The number of sulfonamides is 1. The molecular formula is C9H15N3O4S. The maximum atomic E-state index is 12.2. The largest absolute Gasteiger partial charge is 0.480 e. The Bertz CT molecular complexity index is 515. The number of aromatic amines is 1. The molecule has 17 heavy (non-hydrogen) atoms. The Balaban J connectivity index is 3.26. The van der Waals surface area contributed by atoms with Gasteiger partial charge in [-0.1, -0.05) is 0 Å². The average Bonchev–Trinajstić information content (AvgIpc) is 2.56. The fourth-order valence-corrected chi connectivity index (χ4v) is 3.07. The van der Waals surface area contributed by atoms with Gasteiger partial charge in [-0.05, 0) is 20.8 Å². The molecule has 0 bridgehead atoms. The van der Waals surface area contributed by atoms with E-state index in [4.69, 9.17) is 5.11 Å². The lowest BCUT2D eigenvalue weighted by Crippen LogP contribution is -2.40. The highest BCUT2D eigenvalue weighted by atomic mass is 32.2. The molecule has 1 aromatic heterocycles. The van der Waals surface area contributed by atoms with E-state index in [0.29, 0.717) is 11.4 Å². The molecule has 0 amide bonds. The first-order chi connectivity index (χ1) is 7.69. The number of aryl methyl sites for hydroxylation is 2. The van der Waals surface area contributed by atoms with Gasteiger partial charge in [0.2, 0.25) is 10.0 Å². The normalized spacial score (nSPS) is 13.9. The van der Waals surface area contributed by atoms with E-state index < -0.39 is 22.0 Å². The number of likely N-dealkylation sites (N-methyl/N-ethyl adjacent to an activating group) is 1. The summed E-state index contributed by atoms with van der Waals surface area (Å²) in [5, 5.41) is 15.2. The second-order valence-corrected chi connectivity index (χ2v) is 5.73. The standard InChI is InChI=1S/C9H15N3O4S/c1-5-8(6(2)11-10-5)17(15,16)12(4)7(3)9(13)14/h7H,1-4H3,(H,10,11)(H,13,14). The van der Waals surface area contributed by atoms with E-state index in [2.05, 4.69) is 10.2 Å². The van der Waals surface area contributed by atoms with E-state index in [1.165, 1.54) is 14.0 Å². The number of rotatable bonds is 4. The Kier molecular flexibility index (Phi) is 3.58. The van der Waals surface area contributed by atoms with Crippen molar-refractivity contribution in [2.75, 3.05) is 7.05 Å². The lowest BCUT2D eigenvalue weighted by molar-refractivity contribution is -0.140. The smallest absolute Gasteiger partial charge is 0.321 e. The molecule has 0 fully saturated rings. The van der Waals surface area contributed by atoms with Gasteiger partial charge in [0.25, 0.3) is 0 Å². The third-order valence-corrected chi connectivity index (χ3v) is 4.79. The molecular weight excluding hydrogens is 246 g/mol. The molecule has 1 unspecified atom stereocenters. The van der Waals surface area contributed by atoms with Crippen LogP contribution in [0.1, 0.15) is 18.3 Å². The van der Waals surface area contributed by atoms with E-state index in [9.17, 15) is 13.2 Å². The van der Waals surface area contributed by atoms with Crippen LogP contribution >= 0.6 is 0 Å². The minimum atomic E-state index is -3.84. The number of aromatic nitrogens is 2. The molecule has 7 nitrogen and oxygen atoms in total. The molecule has 0 aliphatic heterocycles. The van der Waals surface area contributed by atoms with Gasteiger partial charge in [0.15, 0.2) is 0 Å².